The molecule has 1 aromatic heterocycles. The van der Waals surface area contributed by atoms with Gasteiger partial charge in [0.05, 0.1) is 11.2 Å². The lowest BCUT2D eigenvalue weighted by molar-refractivity contribution is 0.225. The minimum absolute atomic E-state index is 0.0939. The molecule has 0 unspecified atom stereocenters. The molecule has 0 saturated heterocycles. The molecule has 0 atom stereocenters. The van der Waals surface area contributed by atoms with Crippen LogP contribution in [-0.2, 0) is 0 Å². The third kappa shape index (κ3) is 1.82. The number of carbonyl (C=O) groups excluding carboxylic acids is 1. The normalized spacial score (nSPS) is 10.6. The second-order valence-electron chi connectivity index (χ2n) is 4.18. The number of anilines is 1. The van der Waals surface area contributed by atoms with Crippen LogP contribution >= 0.6 is 0 Å². The summed E-state index contributed by atoms with van der Waals surface area (Å²) in [4.78, 5) is 15.1. The van der Waals surface area contributed by atoms with Crippen LogP contribution < -0.4 is 4.90 Å². The van der Waals surface area contributed by atoms with Crippen molar-refractivity contribution < 1.29 is 4.79 Å². The SMILES string of the molecule is Cc1ccc2[nH]nnc2c1N(C)C(=O)N(C)C. The number of rotatable bonds is 1. The standard InChI is InChI=1S/C11H15N5O/c1-7-5-6-8-9(13-14-12-8)10(7)16(4)11(17)15(2)3/h5-6H,1-4H3,(H,12,13,14). The van der Waals surface area contributed by atoms with Gasteiger partial charge in [-0.2, -0.15) is 0 Å². The lowest BCUT2D eigenvalue weighted by atomic mass is 10.1. The van der Waals surface area contributed by atoms with E-state index >= 15 is 0 Å². The van der Waals surface area contributed by atoms with E-state index in [4.69, 9.17) is 0 Å². The van der Waals surface area contributed by atoms with Crippen LogP contribution in [0, 0.1) is 6.92 Å². The van der Waals surface area contributed by atoms with Crippen molar-refractivity contribution >= 4 is 22.8 Å². The van der Waals surface area contributed by atoms with E-state index in [1.54, 1.807) is 26.0 Å². The third-order valence-corrected chi connectivity index (χ3v) is 2.68. The van der Waals surface area contributed by atoms with Gasteiger partial charge in [-0.3, -0.25) is 10.00 Å². The Morgan fingerprint density at radius 2 is 2.00 bits per heavy atom. The number of fused-ring (bicyclic) bond motifs is 1. The number of amides is 2. The largest absolute Gasteiger partial charge is 0.330 e. The molecule has 0 aliphatic carbocycles. The van der Waals surface area contributed by atoms with Crippen molar-refractivity contribution in [1.29, 1.82) is 0 Å². The highest BCUT2D eigenvalue weighted by molar-refractivity contribution is 6.01. The van der Waals surface area contributed by atoms with Crippen molar-refractivity contribution in [2.45, 2.75) is 6.92 Å². The van der Waals surface area contributed by atoms with Crippen LogP contribution in [0.2, 0.25) is 0 Å². The summed E-state index contributed by atoms with van der Waals surface area (Å²) in [5.74, 6) is 0. The Hall–Kier alpha value is -2.11. The average Bonchev–Trinajstić information content (AvgIpc) is 2.74. The summed E-state index contributed by atoms with van der Waals surface area (Å²) in [7, 11) is 5.17. The first-order valence-corrected chi connectivity index (χ1v) is 5.27. The average molecular weight is 233 g/mol. The Morgan fingerprint density at radius 1 is 1.29 bits per heavy atom. The highest BCUT2D eigenvalue weighted by Crippen LogP contribution is 2.27. The van der Waals surface area contributed by atoms with Crippen molar-refractivity contribution in [1.82, 2.24) is 20.3 Å². The molecule has 90 valence electrons. The van der Waals surface area contributed by atoms with Gasteiger partial charge in [-0.15, -0.1) is 5.10 Å². The summed E-state index contributed by atoms with van der Waals surface area (Å²) in [5.41, 5.74) is 3.31. The van der Waals surface area contributed by atoms with Gasteiger partial charge in [0.2, 0.25) is 0 Å². The van der Waals surface area contributed by atoms with Gasteiger partial charge in [0, 0.05) is 21.1 Å². The fraction of sp³-hybridized carbons (Fsp3) is 0.364. The van der Waals surface area contributed by atoms with E-state index in [-0.39, 0.29) is 6.03 Å². The van der Waals surface area contributed by atoms with Crippen LogP contribution in [0.25, 0.3) is 11.0 Å². The molecule has 0 aliphatic rings. The number of nitrogens with one attached hydrogen (secondary N) is 1. The molecule has 0 radical (unpaired) electrons. The van der Waals surface area contributed by atoms with E-state index in [0.29, 0.717) is 5.52 Å². The van der Waals surface area contributed by atoms with E-state index in [1.165, 1.54) is 4.90 Å². The number of aromatic nitrogens is 3. The number of benzene rings is 1. The van der Waals surface area contributed by atoms with Gasteiger partial charge < -0.3 is 4.90 Å². The van der Waals surface area contributed by atoms with Gasteiger partial charge >= 0.3 is 6.03 Å². The van der Waals surface area contributed by atoms with E-state index in [2.05, 4.69) is 15.4 Å². The van der Waals surface area contributed by atoms with Gasteiger partial charge in [-0.1, -0.05) is 11.3 Å². The molecular weight excluding hydrogens is 218 g/mol. The molecule has 0 saturated carbocycles. The van der Waals surface area contributed by atoms with Crippen molar-refractivity contribution in [3.05, 3.63) is 17.7 Å². The predicted molar refractivity (Wildman–Crippen MR) is 66.1 cm³/mol. The van der Waals surface area contributed by atoms with Crippen molar-refractivity contribution in [3.8, 4) is 0 Å². The molecule has 6 heteroatoms. The number of urea groups is 1. The molecule has 0 spiro atoms. The maximum Gasteiger partial charge on any atom is 0.323 e. The first-order valence-electron chi connectivity index (χ1n) is 5.27. The molecule has 1 aromatic carbocycles. The summed E-state index contributed by atoms with van der Waals surface area (Å²) < 4.78 is 0. The zero-order valence-corrected chi connectivity index (χ0v) is 10.4. The second-order valence-corrected chi connectivity index (χ2v) is 4.18. The van der Waals surface area contributed by atoms with Crippen LogP contribution in [0.4, 0.5) is 10.5 Å². The van der Waals surface area contributed by atoms with Crippen LogP contribution in [0.5, 0.6) is 0 Å². The fourth-order valence-corrected chi connectivity index (χ4v) is 1.82. The fourth-order valence-electron chi connectivity index (χ4n) is 1.82. The third-order valence-electron chi connectivity index (χ3n) is 2.68. The van der Waals surface area contributed by atoms with Crippen molar-refractivity contribution in [2.24, 2.45) is 0 Å². The molecule has 2 amide bonds. The van der Waals surface area contributed by atoms with Crippen LogP contribution in [-0.4, -0.2) is 47.5 Å². The Bertz CT molecular complexity index is 560. The first kappa shape index (κ1) is 11.4. The molecular formula is C11H15N5O. The summed E-state index contributed by atoms with van der Waals surface area (Å²) in [6.45, 7) is 1.95. The predicted octanol–water partition coefficient (Wildman–Crippen LogP) is 1.38. The molecule has 1 heterocycles. The number of aromatic amines is 1. The number of hydrogen-bond acceptors (Lipinski definition) is 3. The van der Waals surface area contributed by atoms with Gasteiger partial charge in [-0.05, 0) is 18.6 Å². The lowest BCUT2D eigenvalue weighted by Crippen LogP contribution is -2.36. The Morgan fingerprint density at radius 3 is 2.65 bits per heavy atom. The molecule has 2 aromatic rings. The topological polar surface area (TPSA) is 65.1 Å². The van der Waals surface area contributed by atoms with Crippen LogP contribution in [0.15, 0.2) is 12.1 Å². The summed E-state index contributed by atoms with van der Waals surface area (Å²) in [6.07, 6.45) is 0. The highest BCUT2D eigenvalue weighted by Gasteiger charge is 2.18. The minimum atomic E-state index is -0.0939. The summed E-state index contributed by atoms with van der Waals surface area (Å²) in [5, 5.41) is 10.6. The number of nitrogens with zero attached hydrogens (tertiary/aromatic N) is 4. The number of hydrogen-bond donors (Lipinski definition) is 1. The van der Waals surface area contributed by atoms with Crippen LogP contribution in [0.1, 0.15) is 5.56 Å². The highest BCUT2D eigenvalue weighted by atomic mass is 16.2. The van der Waals surface area contributed by atoms with Crippen molar-refractivity contribution in [3.63, 3.8) is 0 Å². The smallest absolute Gasteiger partial charge is 0.323 e. The number of aryl methyl sites for hydroxylation is 1. The Balaban J connectivity index is 2.57. The molecule has 2 rings (SSSR count). The maximum atomic E-state index is 12.0. The quantitative estimate of drug-likeness (QED) is 0.809. The summed E-state index contributed by atoms with van der Waals surface area (Å²) >= 11 is 0. The molecule has 17 heavy (non-hydrogen) atoms. The minimum Gasteiger partial charge on any atom is -0.330 e. The number of carbonyl (C=O) groups is 1. The first-order chi connectivity index (χ1) is 8.02. The van der Waals surface area contributed by atoms with E-state index in [9.17, 15) is 4.79 Å². The molecule has 0 aliphatic heterocycles. The Kier molecular flexibility index (Phi) is 2.71. The zero-order chi connectivity index (χ0) is 12.6. The van der Waals surface area contributed by atoms with E-state index in [0.717, 1.165) is 16.8 Å². The molecule has 6 nitrogen and oxygen atoms in total. The second kappa shape index (κ2) is 4.04. The monoisotopic (exact) mass is 233 g/mol. The van der Waals surface area contributed by atoms with E-state index in [1.807, 2.05) is 19.1 Å². The van der Waals surface area contributed by atoms with Gasteiger partial charge in [-0.25, -0.2) is 4.79 Å². The molecule has 1 N–H and O–H groups in total. The molecule has 0 fully saturated rings. The Labute approximate surface area is 99.2 Å². The molecule has 0 bridgehead atoms. The zero-order valence-electron chi connectivity index (χ0n) is 10.4. The summed E-state index contributed by atoms with van der Waals surface area (Å²) in [6, 6.07) is 3.75. The van der Waals surface area contributed by atoms with E-state index < -0.39 is 0 Å². The lowest BCUT2D eigenvalue weighted by Gasteiger charge is -2.23. The van der Waals surface area contributed by atoms with Crippen molar-refractivity contribution in [2.75, 3.05) is 26.0 Å². The maximum absolute atomic E-state index is 12.0. The van der Waals surface area contributed by atoms with Crippen LogP contribution in [0.3, 0.4) is 0 Å². The van der Waals surface area contributed by atoms with Gasteiger partial charge in [0.15, 0.2) is 0 Å². The van der Waals surface area contributed by atoms with Gasteiger partial charge in [0.1, 0.15) is 5.52 Å². The van der Waals surface area contributed by atoms with Gasteiger partial charge in [0.25, 0.3) is 0 Å². The number of H-pyrrole nitrogens is 1.